The Morgan fingerprint density at radius 1 is 1.13 bits per heavy atom. The Morgan fingerprint density at radius 2 is 1.78 bits per heavy atom. The van der Waals surface area contributed by atoms with Crippen LogP contribution in [-0.2, 0) is 17.7 Å². The van der Waals surface area contributed by atoms with E-state index in [1.807, 2.05) is 14.0 Å². The number of nitrogens with one attached hydrogen (secondary N) is 1. The fourth-order valence-electron chi connectivity index (χ4n) is 2.29. The number of unbranched alkanes of at least 4 members (excludes halogenated alkanes) is 1. The Morgan fingerprint density at radius 3 is 2.35 bits per heavy atom. The topological polar surface area (TPSA) is 36.9 Å². The predicted octanol–water partition coefficient (Wildman–Crippen LogP) is 3.69. The number of hydrogen-bond donors (Lipinski definition) is 1. The summed E-state index contributed by atoms with van der Waals surface area (Å²) in [5, 5.41) is 3.41. The van der Waals surface area contributed by atoms with Gasteiger partial charge in [-0.25, -0.2) is 0 Å². The van der Waals surface area contributed by atoms with Crippen molar-refractivity contribution < 1.29 is 4.74 Å². The minimum atomic E-state index is 0. The average molecular weight is 433 g/mol. The van der Waals surface area contributed by atoms with E-state index in [4.69, 9.17) is 4.74 Å². The van der Waals surface area contributed by atoms with Gasteiger partial charge in [0.1, 0.15) is 0 Å². The largest absolute Gasteiger partial charge is 0.382 e. The molecule has 0 aliphatic rings. The molecule has 0 saturated carbocycles. The number of aliphatic imine (C=N–C) groups is 1. The van der Waals surface area contributed by atoms with Crippen LogP contribution in [0, 0.1) is 0 Å². The van der Waals surface area contributed by atoms with Gasteiger partial charge in [-0.15, -0.1) is 24.0 Å². The summed E-state index contributed by atoms with van der Waals surface area (Å²) in [6, 6.07) is 8.80. The molecule has 0 aliphatic heterocycles. The summed E-state index contributed by atoms with van der Waals surface area (Å²) in [6.07, 6.45) is 3.26. The van der Waals surface area contributed by atoms with Crippen molar-refractivity contribution in [3.63, 3.8) is 0 Å². The molecular weight excluding hydrogens is 401 g/mol. The molecule has 0 atom stereocenters. The van der Waals surface area contributed by atoms with Gasteiger partial charge < -0.3 is 15.0 Å². The van der Waals surface area contributed by atoms with Crippen LogP contribution in [0.1, 0.15) is 37.8 Å². The summed E-state index contributed by atoms with van der Waals surface area (Å²) < 4.78 is 5.34. The van der Waals surface area contributed by atoms with Crippen LogP contribution in [-0.4, -0.2) is 44.7 Å². The van der Waals surface area contributed by atoms with Crippen LogP contribution in [0.3, 0.4) is 0 Å². The first-order chi connectivity index (χ1) is 10.7. The molecule has 132 valence electrons. The standard InChI is InChI=1S/C18H31N3O.HI/c1-5-16-9-11-17(12-10-16)15-21(4)18(19-3)20-13-7-8-14-22-6-2;/h9-12H,5-8,13-15H2,1-4H3,(H,19,20);1H. The quantitative estimate of drug-likeness (QED) is 0.279. The number of nitrogens with zero attached hydrogens (tertiary/aromatic N) is 2. The highest BCUT2D eigenvalue weighted by Crippen LogP contribution is 2.07. The van der Waals surface area contributed by atoms with Crippen molar-refractivity contribution >= 4 is 29.9 Å². The van der Waals surface area contributed by atoms with Crippen LogP contribution in [0.15, 0.2) is 29.3 Å². The fourth-order valence-corrected chi connectivity index (χ4v) is 2.29. The maximum atomic E-state index is 5.34. The third-order valence-electron chi connectivity index (χ3n) is 3.63. The molecule has 23 heavy (non-hydrogen) atoms. The summed E-state index contributed by atoms with van der Waals surface area (Å²) in [6.45, 7) is 7.65. The molecule has 0 heterocycles. The molecule has 4 nitrogen and oxygen atoms in total. The summed E-state index contributed by atoms with van der Waals surface area (Å²) >= 11 is 0. The Bertz CT molecular complexity index is 434. The van der Waals surface area contributed by atoms with Gasteiger partial charge in [0.15, 0.2) is 5.96 Å². The second-order valence-corrected chi connectivity index (χ2v) is 5.40. The third-order valence-corrected chi connectivity index (χ3v) is 3.63. The van der Waals surface area contributed by atoms with Crippen LogP contribution in [0.25, 0.3) is 0 Å². The average Bonchev–Trinajstić information content (AvgIpc) is 2.55. The lowest BCUT2D eigenvalue weighted by molar-refractivity contribution is 0.143. The third kappa shape index (κ3) is 9.15. The number of halogens is 1. The molecule has 1 aromatic carbocycles. The minimum Gasteiger partial charge on any atom is -0.382 e. The Hall–Kier alpha value is -0.820. The number of guanidine groups is 1. The highest BCUT2D eigenvalue weighted by atomic mass is 127. The second kappa shape index (κ2) is 13.6. The maximum absolute atomic E-state index is 5.34. The van der Waals surface area contributed by atoms with Crippen molar-refractivity contribution in [2.75, 3.05) is 33.9 Å². The van der Waals surface area contributed by atoms with Gasteiger partial charge in [0.2, 0.25) is 0 Å². The van der Waals surface area contributed by atoms with Gasteiger partial charge in [-0.3, -0.25) is 4.99 Å². The molecule has 1 rings (SSSR count). The van der Waals surface area contributed by atoms with Crippen LogP contribution < -0.4 is 5.32 Å². The first-order valence-corrected chi connectivity index (χ1v) is 8.28. The van der Waals surface area contributed by atoms with Crippen molar-refractivity contribution in [1.29, 1.82) is 0 Å². The summed E-state index contributed by atoms with van der Waals surface area (Å²) in [7, 11) is 3.91. The predicted molar refractivity (Wildman–Crippen MR) is 110 cm³/mol. The van der Waals surface area contributed by atoms with E-state index in [9.17, 15) is 0 Å². The summed E-state index contributed by atoms with van der Waals surface area (Å²) in [5.74, 6) is 0.941. The van der Waals surface area contributed by atoms with Gasteiger partial charge in [0, 0.05) is 40.4 Å². The van der Waals surface area contributed by atoms with E-state index in [0.29, 0.717) is 0 Å². The Labute approximate surface area is 158 Å². The Kier molecular flexibility index (Phi) is 13.1. The molecule has 0 amide bonds. The molecule has 0 unspecified atom stereocenters. The molecule has 0 radical (unpaired) electrons. The van der Waals surface area contributed by atoms with Crippen molar-refractivity contribution in [3.8, 4) is 0 Å². The molecule has 1 aromatic rings. The van der Waals surface area contributed by atoms with Crippen LogP contribution >= 0.6 is 24.0 Å². The van der Waals surface area contributed by atoms with Crippen LogP contribution in [0.4, 0.5) is 0 Å². The normalized spacial score (nSPS) is 11.0. The monoisotopic (exact) mass is 433 g/mol. The fraction of sp³-hybridized carbons (Fsp3) is 0.611. The lowest BCUT2D eigenvalue weighted by Gasteiger charge is -2.22. The first-order valence-electron chi connectivity index (χ1n) is 8.28. The zero-order valence-electron chi connectivity index (χ0n) is 15.0. The van der Waals surface area contributed by atoms with E-state index in [1.54, 1.807) is 0 Å². The van der Waals surface area contributed by atoms with Crippen molar-refractivity contribution in [2.24, 2.45) is 4.99 Å². The van der Waals surface area contributed by atoms with Crippen LogP contribution in [0.2, 0.25) is 0 Å². The molecule has 0 aliphatic carbocycles. The number of hydrogen-bond acceptors (Lipinski definition) is 2. The molecular formula is C18H32IN3O. The highest BCUT2D eigenvalue weighted by Gasteiger charge is 2.06. The van der Waals surface area contributed by atoms with E-state index < -0.39 is 0 Å². The molecule has 0 bridgehead atoms. The van der Waals surface area contributed by atoms with Gasteiger partial charge in [-0.05, 0) is 37.3 Å². The number of benzene rings is 1. The smallest absolute Gasteiger partial charge is 0.193 e. The zero-order valence-corrected chi connectivity index (χ0v) is 17.3. The van der Waals surface area contributed by atoms with Crippen molar-refractivity contribution in [1.82, 2.24) is 10.2 Å². The molecule has 0 aromatic heterocycles. The van der Waals surface area contributed by atoms with E-state index >= 15 is 0 Å². The van der Waals surface area contributed by atoms with E-state index in [-0.39, 0.29) is 24.0 Å². The van der Waals surface area contributed by atoms with Gasteiger partial charge in [0.05, 0.1) is 0 Å². The van der Waals surface area contributed by atoms with Gasteiger partial charge in [-0.1, -0.05) is 31.2 Å². The molecule has 1 N–H and O–H groups in total. The highest BCUT2D eigenvalue weighted by molar-refractivity contribution is 14.0. The molecule has 0 saturated heterocycles. The minimum absolute atomic E-state index is 0. The summed E-state index contributed by atoms with van der Waals surface area (Å²) in [4.78, 5) is 6.51. The lowest BCUT2D eigenvalue weighted by Crippen LogP contribution is -2.38. The summed E-state index contributed by atoms with van der Waals surface area (Å²) in [5.41, 5.74) is 2.68. The van der Waals surface area contributed by atoms with E-state index in [1.165, 1.54) is 11.1 Å². The van der Waals surface area contributed by atoms with Crippen LogP contribution in [0.5, 0.6) is 0 Å². The molecule has 5 heteroatoms. The molecule has 0 spiro atoms. The number of aryl methyl sites for hydroxylation is 1. The Balaban J connectivity index is 0.00000484. The maximum Gasteiger partial charge on any atom is 0.193 e. The van der Waals surface area contributed by atoms with Gasteiger partial charge >= 0.3 is 0 Å². The number of ether oxygens (including phenoxy) is 1. The second-order valence-electron chi connectivity index (χ2n) is 5.40. The molecule has 0 fully saturated rings. The number of rotatable bonds is 9. The van der Waals surface area contributed by atoms with Gasteiger partial charge in [0.25, 0.3) is 0 Å². The van der Waals surface area contributed by atoms with Crippen molar-refractivity contribution in [3.05, 3.63) is 35.4 Å². The first kappa shape index (κ1) is 22.2. The van der Waals surface area contributed by atoms with Gasteiger partial charge in [-0.2, -0.15) is 0 Å². The lowest BCUT2D eigenvalue weighted by atomic mass is 10.1. The SMILES string of the molecule is CCOCCCCNC(=NC)N(C)Cc1ccc(CC)cc1.I. The van der Waals surface area contributed by atoms with E-state index in [2.05, 4.69) is 53.4 Å². The van der Waals surface area contributed by atoms with Crippen molar-refractivity contribution in [2.45, 2.75) is 39.7 Å². The zero-order chi connectivity index (χ0) is 16.2. The van der Waals surface area contributed by atoms with E-state index in [0.717, 1.165) is 51.5 Å².